The molecule has 0 radical (unpaired) electrons. The predicted molar refractivity (Wildman–Crippen MR) is 105 cm³/mol. The lowest BCUT2D eigenvalue weighted by molar-refractivity contribution is 0.338. The molecule has 0 saturated carbocycles. The van der Waals surface area contributed by atoms with E-state index in [0.29, 0.717) is 18.0 Å². The molecule has 0 atom stereocenters. The summed E-state index contributed by atoms with van der Waals surface area (Å²) in [6, 6.07) is 15.8. The van der Waals surface area contributed by atoms with E-state index in [9.17, 15) is 0 Å². The number of rotatable bonds is 4. The van der Waals surface area contributed by atoms with Gasteiger partial charge in [-0.1, -0.05) is 48.6 Å². The third-order valence-corrected chi connectivity index (χ3v) is 3.46. The summed E-state index contributed by atoms with van der Waals surface area (Å²) in [5, 5.41) is 6.59. The summed E-state index contributed by atoms with van der Waals surface area (Å²) < 4.78 is 5.18. The van der Waals surface area contributed by atoms with Crippen molar-refractivity contribution in [3.05, 3.63) is 71.5 Å². The average molecular weight is 336 g/mol. The molecule has 5 nitrogen and oxygen atoms in total. The third-order valence-electron chi connectivity index (χ3n) is 3.46. The lowest BCUT2D eigenvalue weighted by atomic mass is 10.1. The Hall–Kier alpha value is -3.21. The van der Waals surface area contributed by atoms with Crippen molar-refractivity contribution in [1.29, 1.82) is 0 Å². The highest BCUT2D eigenvalue weighted by Gasteiger charge is 1.97. The lowest BCUT2D eigenvalue weighted by Gasteiger charge is -2.00. The molecule has 0 unspecified atom stereocenters. The minimum Gasteiger partial charge on any atom is -0.490 e. The average Bonchev–Trinajstić information content (AvgIpc) is 3.03. The lowest BCUT2D eigenvalue weighted by Crippen LogP contribution is -1.93. The van der Waals surface area contributed by atoms with Gasteiger partial charge < -0.3 is 16.2 Å². The van der Waals surface area contributed by atoms with E-state index in [4.69, 9.17) is 16.2 Å². The number of hydrogen-bond acceptors (Lipinski definition) is 4. The van der Waals surface area contributed by atoms with Gasteiger partial charge in [0.2, 0.25) is 0 Å². The van der Waals surface area contributed by atoms with E-state index >= 15 is 0 Å². The van der Waals surface area contributed by atoms with E-state index < -0.39 is 0 Å². The van der Waals surface area contributed by atoms with Gasteiger partial charge in [-0.25, -0.2) is 0 Å². The highest BCUT2D eigenvalue weighted by Crippen LogP contribution is 2.17. The topological polar surface area (TPSA) is 89.9 Å². The van der Waals surface area contributed by atoms with Gasteiger partial charge in [-0.3, -0.25) is 5.10 Å². The van der Waals surface area contributed by atoms with Crippen LogP contribution >= 0.6 is 0 Å². The molecule has 0 fully saturated rings. The molecule has 3 aromatic rings. The SMILES string of the molecule is CCOc1c[nH]nc1C.Nc1ccc(C=Cc2ccccc2)cc1N. The van der Waals surface area contributed by atoms with Gasteiger partial charge >= 0.3 is 0 Å². The summed E-state index contributed by atoms with van der Waals surface area (Å²) in [6.07, 6.45) is 5.81. The number of hydrogen-bond donors (Lipinski definition) is 3. The van der Waals surface area contributed by atoms with Crippen molar-refractivity contribution in [1.82, 2.24) is 10.2 Å². The van der Waals surface area contributed by atoms with Crippen molar-refractivity contribution >= 4 is 23.5 Å². The molecule has 0 bridgehead atoms. The van der Waals surface area contributed by atoms with Crippen molar-refractivity contribution in [2.45, 2.75) is 13.8 Å². The van der Waals surface area contributed by atoms with E-state index in [1.54, 1.807) is 6.20 Å². The summed E-state index contributed by atoms with van der Waals surface area (Å²) >= 11 is 0. The monoisotopic (exact) mass is 336 g/mol. The third kappa shape index (κ3) is 5.73. The molecule has 5 heteroatoms. The minimum absolute atomic E-state index is 0.621. The van der Waals surface area contributed by atoms with Crippen LogP contribution in [-0.4, -0.2) is 16.8 Å². The molecule has 0 saturated heterocycles. The van der Waals surface area contributed by atoms with Crippen LogP contribution in [0.4, 0.5) is 11.4 Å². The Kier molecular flexibility index (Phi) is 6.65. The molecular weight excluding hydrogens is 312 g/mol. The van der Waals surface area contributed by atoms with E-state index in [1.807, 2.05) is 62.4 Å². The number of aryl methyl sites for hydroxylation is 1. The van der Waals surface area contributed by atoms with Gasteiger partial charge in [0.25, 0.3) is 0 Å². The van der Waals surface area contributed by atoms with Gasteiger partial charge in [-0.05, 0) is 37.1 Å². The molecule has 0 amide bonds. The first-order chi connectivity index (χ1) is 12.1. The number of benzene rings is 2. The molecule has 0 aliphatic carbocycles. The van der Waals surface area contributed by atoms with Crippen molar-refractivity contribution in [3.8, 4) is 5.75 Å². The molecule has 3 rings (SSSR count). The van der Waals surface area contributed by atoms with Gasteiger partial charge in [-0.2, -0.15) is 5.10 Å². The fraction of sp³-hybridized carbons (Fsp3) is 0.150. The van der Waals surface area contributed by atoms with Crippen LogP contribution in [0.3, 0.4) is 0 Å². The Morgan fingerprint density at radius 2 is 1.72 bits per heavy atom. The number of aromatic nitrogens is 2. The van der Waals surface area contributed by atoms with Gasteiger partial charge in [0.15, 0.2) is 5.75 Å². The summed E-state index contributed by atoms with van der Waals surface area (Å²) in [5.41, 5.74) is 15.8. The van der Waals surface area contributed by atoms with E-state index in [-0.39, 0.29) is 0 Å². The molecule has 130 valence electrons. The largest absolute Gasteiger partial charge is 0.490 e. The second kappa shape index (κ2) is 9.17. The predicted octanol–water partition coefficient (Wildman–Crippen LogP) is 4.14. The number of nitrogens with one attached hydrogen (secondary N) is 1. The zero-order valence-electron chi connectivity index (χ0n) is 14.6. The molecule has 5 N–H and O–H groups in total. The Labute approximate surface area is 148 Å². The fourth-order valence-electron chi connectivity index (χ4n) is 2.10. The number of anilines is 2. The van der Waals surface area contributed by atoms with Crippen molar-refractivity contribution in [3.63, 3.8) is 0 Å². The standard InChI is InChI=1S/C14H14N2.C6H10N2O/c15-13-9-8-12(10-14(13)16)7-6-11-4-2-1-3-5-11;1-3-9-6-4-7-8-5(6)2/h1-10H,15-16H2;4H,3H2,1-2H3,(H,7,8). The van der Waals surface area contributed by atoms with Gasteiger partial charge in [0, 0.05) is 0 Å². The number of nitrogen functional groups attached to an aromatic ring is 2. The molecule has 1 heterocycles. The molecule has 0 aliphatic heterocycles. The normalized spacial score (nSPS) is 10.3. The zero-order chi connectivity index (χ0) is 18.1. The van der Waals surface area contributed by atoms with Crippen LogP contribution in [0.5, 0.6) is 5.75 Å². The maximum Gasteiger partial charge on any atom is 0.159 e. The van der Waals surface area contributed by atoms with Gasteiger partial charge in [0.05, 0.1) is 24.2 Å². The maximum atomic E-state index is 5.73. The molecule has 0 aliphatic rings. The number of aromatic amines is 1. The Balaban J connectivity index is 0.000000212. The van der Waals surface area contributed by atoms with Gasteiger partial charge in [-0.15, -0.1) is 0 Å². The van der Waals surface area contributed by atoms with Crippen LogP contribution in [-0.2, 0) is 0 Å². The van der Waals surface area contributed by atoms with Crippen molar-refractivity contribution in [2.24, 2.45) is 0 Å². The highest BCUT2D eigenvalue weighted by atomic mass is 16.5. The Morgan fingerprint density at radius 1 is 1.00 bits per heavy atom. The summed E-state index contributed by atoms with van der Waals surface area (Å²) in [5.74, 6) is 0.845. The maximum absolute atomic E-state index is 5.73. The first kappa shape index (κ1) is 18.1. The van der Waals surface area contributed by atoms with Crippen LogP contribution in [0, 0.1) is 6.92 Å². The summed E-state index contributed by atoms with van der Waals surface area (Å²) in [7, 11) is 0. The summed E-state index contributed by atoms with van der Waals surface area (Å²) in [6.45, 7) is 4.55. The Morgan fingerprint density at radius 3 is 2.32 bits per heavy atom. The molecule has 2 aromatic carbocycles. The van der Waals surface area contributed by atoms with Crippen LogP contribution in [0.1, 0.15) is 23.7 Å². The molecule has 25 heavy (non-hydrogen) atoms. The van der Waals surface area contributed by atoms with Gasteiger partial charge in [0.1, 0.15) is 5.69 Å². The minimum atomic E-state index is 0.621. The zero-order valence-corrected chi connectivity index (χ0v) is 14.6. The van der Waals surface area contributed by atoms with Crippen LogP contribution < -0.4 is 16.2 Å². The first-order valence-electron chi connectivity index (χ1n) is 8.11. The number of nitrogens with two attached hydrogens (primary N) is 2. The van der Waals surface area contributed by atoms with E-state index in [1.165, 1.54) is 0 Å². The second-order valence-electron chi connectivity index (χ2n) is 5.40. The van der Waals surface area contributed by atoms with E-state index in [2.05, 4.69) is 22.3 Å². The number of H-pyrrole nitrogens is 1. The van der Waals surface area contributed by atoms with Crippen molar-refractivity contribution < 1.29 is 4.74 Å². The van der Waals surface area contributed by atoms with Crippen LogP contribution in [0.15, 0.2) is 54.7 Å². The quantitative estimate of drug-likeness (QED) is 0.493. The van der Waals surface area contributed by atoms with Crippen LogP contribution in [0.2, 0.25) is 0 Å². The first-order valence-corrected chi connectivity index (χ1v) is 8.11. The van der Waals surface area contributed by atoms with Crippen molar-refractivity contribution in [2.75, 3.05) is 18.1 Å². The number of nitrogens with zero attached hydrogens (tertiary/aromatic N) is 1. The fourth-order valence-corrected chi connectivity index (χ4v) is 2.10. The molecule has 0 spiro atoms. The Bertz CT molecular complexity index is 810. The smallest absolute Gasteiger partial charge is 0.159 e. The van der Waals surface area contributed by atoms with E-state index in [0.717, 1.165) is 22.6 Å². The molecular formula is C20H24N4O. The molecule has 1 aromatic heterocycles. The number of ether oxygens (including phenoxy) is 1. The second-order valence-corrected chi connectivity index (χ2v) is 5.40. The summed E-state index contributed by atoms with van der Waals surface area (Å²) in [4.78, 5) is 0. The highest BCUT2D eigenvalue weighted by molar-refractivity contribution is 5.74. The van der Waals surface area contributed by atoms with Crippen LogP contribution in [0.25, 0.3) is 12.2 Å².